The first-order valence-electron chi connectivity index (χ1n) is 9.37. The van der Waals surface area contributed by atoms with Crippen LogP contribution in [0.15, 0.2) is 66.7 Å². The molecule has 3 N–H and O–H groups in total. The largest absolute Gasteiger partial charge is 0.394 e. The number of benzene rings is 2. The molecule has 0 aliphatic carbocycles. The maximum Gasteiger partial charge on any atom is 0.251 e. The van der Waals surface area contributed by atoms with Crippen LogP contribution in [0.5, 0.6) is 0 Å². The lowest BCUT2D eigenvalue weighted by Gasteiger charge is -2.31. The number of hydrogen-bond donors (Lipinski definition) is 3. The minimum Gasteiger partial charge on any atom is -0.394 e. The lowest BCUT2D eigenvalue weighted by molar-refractivity contribution is -0.125. The van der Waals surface area contributed by atoms with Crippen molar-refractivity contribution in [3.63, 3.8) is 0 Å². The Hall–Kier alpha value is -3.03. The van der Waals surface area contributed by atoms with E-state index in [0.717, 1.165) is 11.6 Å². The van der Waals surface area contributed by atoms with Gasteiger partial charge in [-0.15, -0.1) is 0 Å². The summed E-state index contributed by atoms with van der Waals surface area (Å²) in [4.78, 5) is 24.5. The molecule has 3 atom stereocenters. The number of ether oxygens (including phenoxy) is 1. The lowest BCUT2D eigenvalue weighted by atomic mass is 10.0. The number of aliphatic hydroxyl groups excluding tert-OH is 1. The van der Waals surface area contributed by atoms with Crippen LogP contribution in [0.1, 0.15) is 22.3 Å². The van der Waals surface area contributed by atoms with Crippen LogP contribution in [-0.4, -0.2) is 41.8 Å². The van der Waals surface area contributed by atoms with E-state index in [9.17, 15) is 19.1 Å². The molecule has 1 heterocycles. The fourth-order valence-electron chi connectivity index (χ4n) is 3.05. The minimum atomic E-state index is -0.704. The molecule has 2 aromatic rings. The Morgan fingerprint density at radius 3 is 2.59 bits per heavy atom. The highest BCUT2D eigenvalue weighted by molar-refractivity contribution is 5.94. The number of carbonyl (C=O) groups excluding carboxylic acids is 2. The van der Waals surface area contributed by atoms with E-state index in [0.29, 0.717) is 6.54 Å². The van der Waals surface area contributed by atoms with Crippen molar-refractivity contribution in [3.05, 3.63) is 83.7 Å². The van der Waals surface area contributed by atoms with Gasteiger partial charge in [-0.2, -0.15) is 0 Å². The van der Waals surface area contributed by atoms with Crippen molar-refractivity contribution in [3.8, 4) is 0 Å². The van der Waals surface area contributed by atoms with Gasteiger partial charge >= 0.3 is 0 Å². The Morgan fingerprint density at radius 1 is 1.07 bits per heavy atom. The van der Waals surface area contributed by atoms with Gasteiger partial charge in [0.15, 0.2) is 0 Å². The van der Waals surface area contributed by atoms with Crippen LogP contribution in [0, 0.1) is 5.82 Å². The molecular weight excluding hydrogens is 375 g/mol. The number of carbonyl (C=O) groups is 2. The molecule has 1 aliphatic heterocycles. The van der Waals surface area contributed by atoms with Crippen molar-refractivity contribution in [2.75, 3.05) is 6.61 Å². The molecule has 2 aromatic carbocycles. The van der Waals surface area contributed by atoms with Crippen molar-refractivity contribution < 1.29 is 23.8 Å². The third-order valence-corrected chi connectivity index (χ3v) is 4.57. The minimum absolute atomic E-state index is 0.102. The lowest BCUT2D eigenvalue weighted by Crippen LogP contribution is -2.49. The van der Waals surface area contributed by atoms with Gasteiger partial charge in [-0.1, -0.05) is 48.6 Å². The van der Waals surface area contributed by atoms with Crippen molar-refractivity contribution in [2.45, 2.75) is 31.2 Å². The number of hydrogen-bond acceptors (Lipinski definition) is 4. The number of amides is 2. The quantitative estimate of drug-likeness (QED) is 0.622. The summed E-state index contributed by atoms with van der Waals surface area (Å²) in [6, 6.07) is 14.3. The first-order chi connectivity index (χ1) is 14.0. The molecule has 0 saturated heterocycles. The standard InChI is InChI=1S/C22H23FN2O4/c23-17-8-4-7-16(11-17)22(28)25-19-10-9-18(29-20(19)14-26)12-21(27)24-13-15-5-2-1-3-6-15/h1-11,18-20,26H,12-14H2,(H,24,27)(H,25,28)/t18-,19+,20-/m0/s1. The summed E-state index contributed by atoms with van der Waals surface area (Å²) >= 11 is 0. The second kappa shape index (κ2) is 9.95. The molecule has 0 unspecified atom stereocenters. The van der Waals surface area contributed by atoms with Crippen LogP contribution in [0.2, 0.25) is 0 Å². The summed E-state index contributed by atoms with van der Waals surface area (Å²) in [5.74, 6) is -1.16. The highest BCUT2D eigenvalue weighted by Gasteiger charge is 2.29. The zero-order valence-electron chi connectivity index (χ0n) is 15.8. The van der Waals surface area contributed by atoms with Crippen molar-refractivity contribution in [2.24, 2.45) is 0 Å². The van der Waals surface area contributed by atoms with Gasteiger partial charge in [0, 0.05) is 12.1 Å². The van der Waals surface area contributed by atoms with E-state index < -0.39 is 30.0 Å². The Labute approximate surface area is 168 Å². The zero-order valence-corrected chi connectivity index (χ0v) is 15.8. The molecule has 0 aromatic heterocycles. The molecule has 0 fully saturated rings. The van der Waals surface area contributed by atoms with Crippen LogP contribution in [0.3, 0.4) is 0 Å². The first kappa shape index (κ1) is 20.7. The van der Waals surface area contributed by atoms with Gasteiger partial charge in [0.2, 0.25) is 5.91 Å². The molecule has 0 radical (unpaired) electrons. The van der Waals surface area contributed by atoms with E-state index in [1.807, 2.05) is 30.3 Å². The second-order valence-electron chi connectivity index (χ2n) is 6.76. The topological polar surface area (TPSA) is 87.7 Å². The van der Waals surface area contributed by atoms with Crippen LogP contribution in [0.4, 0.5) is 4.39 Å². The maximum atomic E-state index is 13.3. The molecule has 6 nitrogen and oxygen atoms in total. The summed E-state index contributed by atoms with van der Waals surface area (Å²) in [5.41, 5.74) is 1.17. The SMILES string of the molecule is O=C(C[C@@H]1C=C[C@@H](NC(=O)c2cccc(F)c2)[C@H](CO)O1)NCc1ccccc1. The van der Waals surface area contributed by atoms with Crippen LogP contribution in [0.25, 0.3) is 0 Å². The highest BCUT2D eigenvalue weighted by Crippen LogP contribution is 2.16. The molecule has 3 rings (SSSR count). The molecule has 7 heteroatoms. The molecule has 0 spiro atoms. The van der Waals surface area contributed by atoms with Gasteiger partial charge in [0.05, 0.1) is 25.2 Å². The molecule has 0 saturated carbocycles. The third-order valence-electron chi connectivity index (χ3n) is 4.57. The predicted molar refractivity (Wildman–Crippen MR) is 105 cm³/mol. The Morgan fingerprint density at radius 2 is 1.86 bits per heavy atom. The van der Waals surface area contributed by atoms with Crippen molar-refractivity contribution in [1.82, 2.24) is 10.6 Å². The highest BCUT2D eigenvalue weighted by atomic mass is 19.1. The fourth-order valence-corrected chi connectivity index (χ4v) is 3.05. The molecule has 152 valence electrons. The summed E-state index contributed by atoms with van der Waals surface area (Å²) < 4.78 is 19.0. The number of aliphatic hydroxyl groups is 1. The Kier molecular flexibility index (Phi) is 7.10. The van der Waals surface area contributed by atoms with Crippen molar-refractivity contribution >= 4 is 11.8 Å². The molecular formula is C22H23FN2O4. The van der Waals surface area contributed by atoms with E-state index in [-0.39, 0.29) is 24.5 Å². The molecule has 0 bridgehead atoms. The van der Waals surface area contributed by atoms with Gasteiger partial charge in [0.1, 0.15) is 11.9 Å². The van der Waals surface area contributed by atoms with Gasteiger partial charge < -0.3 is 20.5 Å². The summed E-state index contributed by atoms with van der Waals surface area (Å²) in [7, 11) is 0. The predicted octanol–water partition coefficient (Wildman–Crippen LogP) is 1.95. The smallest absolute Gasteiger partial charge is 0.251 e. The molecule has 2 amide bonds. The second-order valence-corrected chi connectivity index (χ2v) is 6.76. The zero-order chi connectivity index (χ0) is 20.6. The summed E-state index contributed by atoms with van der Waals surface area (Å²) in [5, 5.41) is 15.2. The normalized spacial score (nSPS) is 20.8. The third kappa shape index (κ3) is 5.97. The molecule has 29 heavy (non-hydrogen) atoms. The van der Waals surface area contributed by atoms with Gasteiger partial charge in [-0.05, 0) is 23.8 Å². The Balaban J connectivity index is 1.53. The summed E-state index contributed by atoms with van der Waals surface area (Å²) in [6.07, 6.45) is 2.26. The fraction of sp³-hybridized carbons (Fsp3) is 0.273. The van der Waals surface area contributed by atoms with Gasteiger partial charge in [-0.25, -0.2) is 4.39 Å². The van der Waals surface area contributed by atoms with Crippen molar-refractivity contribution in [1.29, 1.82) is 0 Å². The maximum absolute atomic E-state index is 13.3. The van der Waals surface area contributed by atoms with Gasteiger partial charge in [0.25, 0.3) is 5.91 Å². The monoisotopic (exact) mass is 398 g/mol. The molecule has 1 aliphatic rings. The average Bonchev–Trinajstić information content (AvgIpc) is 2.74. The summed E-state index contributed by atoms with van der Waals surface area (Å²) in [6.45, 7) is 0.0897. The Bertz CT molecular complexity index is 872. The number of halogens is 1. The van der Waals surface area contributed by atoms with Gasteiger partial charge in [-0.3, -0.25) is 9.59 Å². The van der Waals surface area contributed by atoms with E-state index in [2.05, 4.69) is 10.6 Å². The van der Waals surface area contributed by atoms with E-state index in [1.165, 1.54) is 18.2 Å². The number of nitrogens with one attached hydrogen (secondary N) is 2. The van der Waals surface area contributed by atoms with Crippen LogP contribution in [-0.2, 0) is 16.1 Å². The van der Waals surface area contributed by atoms with E-state index in [4.69, 9.17) is 4.74 Å². The van der Waals surface area contributed by atoms with E-state index in [1.54, 1.807) is 12.2 Å². The average molecular weight is 398 g/mol. The number of rotatable bonds is 7. The van der Waals surface area contributed by atoms with E-state index >= 15 is 0 Å². The van der Waals surface area contributed by atoms with Crippen LogP contribution < -0.4 is 10.6 Å². The first-order valence-corrected chi connectivity index (χ1v) is 9.37. The van der Waals surface area contributed by atoms with Crippen LogP contribution >= 0.6 is 0 Å².